The van der Waals surface area contributed by atoms with Crippen LogP contribution >= 0.6 is 0 Å². The number of amides is 1. The SMILES string of the molecule is CC(=O)N1N=C(c2ccc(NS(=O)(=O)c3ccc(F)cc3)cc2)C[C@H]1c1ccc(N)cc1. The molecule has 1 amide bonds. The average molecular weight is 453 g/mol. The van der Waals surface area contributed by atoms with Gasteiger partial charge in [-0.05, 0) is 59.7 Å². The summed E-state index contributed by atoms with van der Waals surface area (Å²) >= 11 is 0. The summed E-state index contributed by atoms with van der Waals surface area (Å²) < 4.78 is 40.5. The van der Waals surface area contributed by atoms with Gasteiger partial charge in [0.25, 0.3) is 10.0 Å². The van der Waals surface area contributed by atoms with Crippen molar-refractivity contribution in [3.63, 3.8) is 0 Å². The summed E-state index contributed by atoms with van der Waals surface area (Å²) in [4.78, 5) is 12.1. The quantitative estimate of drug-likeness (QED) is 0.573. The number of carbonyl (C=O) groups excluding carboxylic acids is 1. The van der Waals surface area contributed by atoms with Crippen molar-refractivity contribution < 1.29 is 17.6 Å². The van der Waals surface area contributed by atoms with Gasteiger partial charge in [-0.1, -0.05) is 24.3 Å². The Bertz CT molecular complexity index is 1270. The van der Waals surface area contributed by atoms with Crippen LogP contribution in [0.3, 0.4) is 0 Å². The van der Waals surface area contributed by atoms with Crippen LogP contribution in [0, 0.1) is 5.82 Å². The second kappa shape index (κ2) is 8.43. The van der Waals surface area contributed by atoms with Crippen molar-refractivity contribution >= 4 is 33.0 Å². The van der Waals surface area contributed by atoms with Crippen molar-refractivity contribution in [2.45, 2.75) is 24.3 Å². The van der Waals surface area contributed by atoms with E-state index < -0.39 is 15.8 Å². The summed E-state index contributed by atoms with van der Waals surface area (Å²) in [5.41, 5.74) is 9.18. The Morgan fingerprint density at radius 2 is 1.66 bits per heavy atom. The first-order valence-corrected chi connectivity index (χ1v) is 11.3. The number of nitrogen functional groups attached to an aromatic ring is 1. The Labute approximate surface area is 185 Å². The second-order valence-corrected chi connectivity index (χ2v) is 9.12. The molecule has 9 heteroatoms. The van der Waals surface area contributed by atoms with E-state index in [1.807, 2.05) is 12.1 Å². The average Bonchev–Trinajstić information content (AvgIpc) is 3.21. The number of halogens is 1. The molecular weight excluding hydrogens is 431 g/mol. The van der Waals surface area contributed by atoms with Crippen LogP contribution in [0.1, 0.15) is 30.5 Å². The highest BCUT2D eigenvalue weighted by Crippen LogP contribution is 2.33. The highest BCUT2D eigenvalue weighted by atomic mass is 32.2. The maximum atomic E-state index is 13.1. The first-order valence-electron chi connectivity index (χ1n) is 9.84. The van der Waals surface area contributed by atoms with E-state index in [1.165, 1.54) is 24.1 Å². The molecule has 0 saturated carbocycles. The molecule has 0 spiro atoms. The maximum Gasteiger partial charge on any atom is 0.261 e. The zero-order valence-electron chi connectivity index (χ0n) is 17.2. The molecule has 0 fully saturated rings. The van der Waals surface area contributed by atoms with Gasteiger partial charge < -0.3 is 5.73 Å². The Morgan fingerprint density at radius 1 is 1.03 bits per heavy atom. The molecule has 4 rings (SSSR count). The van der Waals surface area contributed by atoms with Gasteiger partial charge in [-0.25, -0.2) is 17.8 Å². The highest BCUT2D eigenvalue weighted by molar-refractivity contribution is 7.92. The third-order valence-electron chi connectivity index (χ3n) is 5.15. The summed E-state index contributed by atoms with van der Waals surface area (Å²) in [6.45, 7) is 1.46. The smallest absolute Gasteiger partial charge is 0.261 e. The van der Waals surface area contributed by atoms with Gasteiger partial charge in [0, 0.05) is 24.7 Å². The van der Waals surface area contributed by atoms with E-state index in [0.29, 0.717) is 17.8 Å². The van der Waals surface area contributed by atoms with Crippen molar-refractivity contribution in [1.82, 2.24) is 5.01 Å². The number of rotatable bonds is 5. The molecule has 7 nitrogen and oxygen atoms in total. The lowest BCUT2D eigenvalue weighted by Gasteiger charge is -2.20. The fourth-order valence-corrected chi connectivity index (χ4v) is 4.57. The molecule has 0 bridgehead atoms. The van der Waals surface area contributed by atoms with Crippen molar-refractivity contribution in [1.29, 1.82) is 0 Å². The number of hydrogen-bond donors (Lipinski definition) is 2. The third-order valence-corrected chi connectivity index (χ3v) is 6.55. The standard InChI is InChI=1S/C23H21FN4O3S/c1-15(29)28-23(17-2-8-19(25)9-3-17)14-22(26-28)16-4-10-20(11-5-16)27-32(30,31)21-12-6-18(24)7-13-21/h2-13,23,27H,14,25H2,1H3/t23-/m0/s1. The molecule has 164 valence electrons. The fourth-order valence-electron chi connectivity index (χ4n) is 3.51. The predicted octanol–water partition coefficient (Wildman–Crippen LogP) is 3.91. The number of hydrazone groups is 1. The van der Waals surface area contributed by atoms with E-state index in [0.717, 1.165) is 29.0 Å². The number of carbonyl (C=O) groups is 1. The molecule has 0 unspecified atom stereocenters. The molecule has 1 heterocycles. The zero-order chi connectivity index (χ0) is 22.9. The van der Waals surface area contributed by atoms with Crippen LogP contribution in [-0.2, 0) is 14.8 Å². The van der Waals surface area contributed by atoms with Crippen LogP contribution in [0.4, 0.5) is 15.8 Å². The van der Waals surface area contributed by atoms with E-state index in [2.05, 4.69) is 9.82 Å². The van der Waals surface area contributed by atoms with Crippen LogP contribution in [0.5, 0.6) is 0 Å². The van der Waals surface area contributed by atoms with Gasteiger partial charge in [0.15, 0.2) is 0 Å². The fraction of sp³-hybridized carbons (Fsp3) is 0.130. The maximum absolute atomic E-state index is 13.1. The molecule has 0 saturated heterocycles. The monoisotopic (exact) mass is 452 g/mol. The number of sulfonamides is 1. The molecule has 32 heavy (non-hydrogen) atoms. The van der Waals surface area contributed by atoms with Gasteiger partial charge in [-0.2, -0.15) is 5.10 Å². The van der Waals surface area contributed by atoms with Crippen molar-refractivity contribution in [3.8, 4) is 0 Å². The van der Waals surface area contributed by atoms with Crippen molar-refractivity contribution in [2.24, 2.45) is 5.10 Å². The van der Waals surface area contributed by atoms with Gasteiger partial charge in [0.1, 0.15) is 5.82 Å². The Balaban J connectivity index is 1.53. The van der Waals surface area contributed by atoms with Crippen LogP contribution in [0.2, 0.25) is 0 Å². The van der Waals surface area contributed by atoms with E-state index in [-0.39, 0.29) is 16.8 Å². The normalized spacial score (nSPS) is 16.0. The summed E-state index contributed by atoms with van der Waals surface area (Å²) in [7, 11) is -3.84. The number of benzene rings is 3. The number of nitrogens with zero attached hydrogens (tertiary/aromatic N) is 2. The number of nitrogens with one attached hydrogen (secondary N) is 1. The summed E-state index contributed by atoms with van der Waals surface area (Å²) in [6.07, 6.45) is 0.518. The molecule has 0 radical (unpaired) electrons. The number of nitrogens with two attached hydrogens (primary N) is 1. The molecule has 1 aliphatic heterocycles. The largest absolute Gasteiger partial charge is 0.399 e. The summed E-state index contributed by atoms with van der Waals surface area (Å²) in [5.74, 6) is -0.687. The highest BCUT2D eigenvalue weighted by Gasteiger charge is 2.31. The van der Waals surface area contributed by atoms with Gasteiger partial charge in [0.2, 0.25) is 5.91 Å². The minimum absolute atomic E-state index is 0.0356. The second-order valence-electron chi connectivity index (χ2n) is 7.43. The van der Waals surface area contributed by atoms with Gasteiger partial charge >= 0.3 is 0 Å². The molecule has 3 aromatic rings. The minimum atomic E-state index is -3.84. The van der Waals surface area contributed by atoms with Gasteiger partial charge in [-0.15, -0.1) is 0 Å². The molecule has 0 aromatic heterocycles. The van der Waals surface area contributed by atoms with Gasteiger partial charge in [0.05, 0.1) is 16.6 Å². The van der Waals surface area contributed by atoms with Crippen LogP contribution in [-0.4, -0.2) is 25.0 Å². The van der Waals surface area contributed by atoms with E-state index in [9.17, 15) is 17.6 Å². The molecule has 3 N–H and O–H groups in total. The van der Waals surface area contributed by atoms with E-state index in [1.54, 1.807) is 36.4 Å². The summed E-state index contributed by atoms with van der Waals surface area (Å²) in [6, 6.07) is 18.4. The van der Waals surface area contributed by atoms with E-state index in [4.69, 9.17) is 5.73 Å². The molecule has 1 atom stereocenters. The predicted molar refractivity (Wildman–Crippen MR) is 121 cm³/mol. The third kappa shape index (κ3) is 4.47. The topological polar surface area (TPSA) is 105 Å². The summed E-state index contributed by atoms with van der Waals surface area (Å²) in [5, 5.41) is 5.94. The first-order chi connectivity index (χ1) is 15.2. The van der Waals surface area contributed by atoms with Crippen molar-refractivity contribution in [3.05, 3.63) is 89.7 Å². The lowest BCUT2D eigenvalue weighted by Crippen LogP contribution is -2.24. The first kappa shape index (κ1) is 21.5. The molecular formula is C23H21FN4O3S. The van der Waals surface area contributed by atoms with Crippen molar-refractivity contribution in [2.75, 3.05) is 10.5 Å². The molecule has 0 aliphatic carbocycles. The van der Waals surface area contributed by atoms with Crippen LogP contribution in [0.25, 0.3) is 0 Å². The molecule has 3 aromatic carbocycles. The van der Waals surface area contributed by atoms with Gasteiger partial charge in [-0.3, -0.25) is 9.52 Å². The van der Waals surface area contributed by atoms with Crippen LogP contribution < -0.4 is 10.5 Å². The van der Waals surface area contributed by atoms with Crippen LogP contribution in [0.15, 0.2) is 82.8 Å². The Hall–Kier alpha value is -3.72. The lowest BCUT2D eigenvalue weighted by atomic mass is 9.98. The number of anilines is 2. The Kier molecular flexibility index (Phi) is 5.67. The molecule has 1 aliphatic rings. The number of hydrogen-bond acceptors (Lipinski definition) is 5. The Morgan fingerprint density at radius 3 is 2.25 bits per heavy atom. The zero-order valence-corrected chi connectivity index (χ0v) is 18.0. The van der Waals surface area contributed by atoms with E-state index >= 15 is 0 Å². The minimum Gasteiger partial charge on any atom is -0.399 e. The lowest BCUT2D eigenvalue weighted by molar-refractivity contribution is -0.130.